The second-order valence-electron chi connectivity index (χ2n) is 4.91. The Balaban J connectivity index is 2.57. The number of ether oxygens (including phenoxy) is 3. The molecule has 0 radical (unpaired) electrons. The molecule has 0 aliphatic heterocycles. The maximum Gasteiger partial charge on any atom is 0.303 e. The van der Waals surface area contributed by atoms with Gasteiger partial charge in [-0.15, -0.1) is 0 Å². The molecular weight excluding hydrogens is 302 g/mol. The van der Waals surface area contributed by atoms with E-state index in [1.165, 1.54) is 21.3 Å². The molecule has 2 N–H and O–H groups in total. The van der Waals surface area contributed by atoms with Crippen LogP contribution in [0, 0.1) is 0 Å². The first-order valence-corrected chi connectivity index (χ1v) is 7.29. The number of carbonyl (C=O) groups is 2. The largest absolute Gasteiger partial charge is 0.493 e. The molecule has 1 rings (SSSR count). The van der Waals surface area contributed by atoms with E-state index in [4.69, 9.17) is 19.3 Å². The molecule has 0 saturated heterocycles. The van der Waals surface area contributed by atoms with Crippen LogP contribution in [-0.2, 0) is 16.1 Å². The summed E-state index contributed by atoms with van der Waals surface area (Å²) < 4.78 is 15.7. The summed E-state index contributed by atoms with van der Waals surface area (Å²) in [7, 11) is 4.59. The van der Waals surface area contributed by atoms with Gasteiger partial charge in [-0.25, -0.2) is 0 Å². The van der Waals surface area contributed by atoms with Gasteiger partial charge in [0.05, 0.1) is 21.3 Å². The van der Waals surface area contributed by atoms with Gasteiger partial charge in [0.15, 0.2) is 11.5 Å². The summed E-state index contributed by atoms with van der Waals surface area (Å²) in [5, 5.41) is 11.3. The highest BCUT2D eigenvalue weighted by Crippen LogP contribution is 2.38. The Morgan fingerprint density at radius 1 is 1.00 bits per heavy atom. The van der Waals surface area contributed by atoms with Crippen LogP contribution in [0.2, 0.25) is 0 Å². The zero-order chi connectivity index (χ0) is 17.2. The predicted octanol–water partition coefficient (Wildman–Crippen LogP) is 1.97. The summed E-state index contributed by atoms with van der Waals surface area (Å²) in [6.07, 6.45) is 1.43. The van der Waals surface area contributed by atoms with Gasteiger partial charge in [0.25, 0.3) is 0 Å². The number of unbranched alkanes of at least 4 members (excludes halogenated alkanes) is 1. The molecule has 0 fully saturated rings. The maximum absolute atomic E-state index is 11.7. The Hall–Kier alpha value is -2.44. The molecule has 0 heterocycles. The molecule has 1 amide bonds. The Bertz CT molecular complexity index is 518. The summed E-state index contributed by atoms with van der Waals surface area (Å²) in [6.45, 7) is 0.328. The maximum atomic E-state index is 11.7. The lowest BCUT2D eigenvalue weighted by molar-refractivity contribution is -0.137. The third-order valence-corrected chi connectivity index (χ3v) is 3.26. The summed E-state index contributed by atoms with van der Waals surface area (Å²) in [6, 6.07) is 3.54. The van der Waals surface area contributed by atoms with Crippen molar-refractivity contribution >= 4 is 11.9 Å². The quantitative estimate of drug-likeness (QED) is 0.639. The van der Waals surface area contributed by atoms with E-state index in [1.807, 2.05) is 0 Å². The first-order chi connectivity index (χ1) is 11.0. The number of carboxylic acid groups (broad SMARTS) is 1. The first kappa shape index (κ1) is 18.6. The minimum Gasteiger partial charge on any atom is -0.493 e. The van der Waals surface area contributed by atoms with E-state index in [2.05, 4.69) is 5.32 Å². The third-order valence-electron chi connectivity index (χ3n) is 3.26. The average Bonchev–Trinajstić information content (AvgIpc) is 2.55. The molecule has 1 aromatic rings. The van der Waals surface area contributed by atoms with Gasteiger partial charge in [0.2, 0.25) is 11.7 Å². The molecule has 0 aliphatic rings. The molecular formula is C16H23NO6. The molecule has 0 unspecified atom stereocenters. The Morgan fingerprint density at radius 2 is 1.57 bits per heavy atom. The lowest BCUT2D eigenvalue weighted by Crippen LogP contribution is -2.22. The predicted molar refractivity (Wildman–Crippen MR) is 84.0 cm³/mol. The number of carbonyl (C=O) groups excluding carboxylic acids is 1. The van der Waals surface area contributed by atoms with Gasteiger partial charge in [0, 0.05) is 19.4 Å². The number of rotatable bonds is 10. The van der Waals surface area contributed by atoms with Crippen LogP contribution in [0.25, 0.3) is 0 Å². The van der Waals surface area contributed by atoms with Crippen molar-refractivity contribution in [1.29, 1.82) is 0 Å². The van der Waals surface area contributed by atoms with E-state index in [-0.39, 0.29) is 12.3 Å². The summed E-state index contributed by atoms with van der Waals surface area (Å²) in [5.74, 6) is 0.584. The first-order valence-electron chi connectivity index (χ1n) is 7.29. The molecule has 0 aromatic heterocycles. The monoisotopic (exact) mass is 325 g/mol. The van der Waals surface area contributed by atoms with Crippen LogP contribution in [-0.4, -0.2) is 38.3 Å². The van der Waals surface area contributed by atoms with Gasteiger partial charge in [0.1, 0.15) is 0 Å². The lowest BCUT2D eigenvalue weighted by Gasteiger charge is -2.14. The van der Waals surface area contributed by atoms with Crippen LogP contribution in [0.15, 0.2) is 12.1 Å². The smallest absolute Gasteiger partial charge is 0.303 e. The fraction of sp³-hybridized carbons (Fsp3) is 0.500. The molecule has 7 heteroatoms. The highest BCUT2D eigenvalue weighted by atomic mass is 16.5. The number of amides is 1. The zero-order valence-corrected chi connectivity index (χ0v) is 13.7. The van der Waals surface area contributed by atoms with Crippen LogP contribution in [0.3, 0.4) is 0 Å². The van der Waals surface area contributed by atoms with Gasteiger partial charge >= 0.3 is 5.97 Å². The molecule has 1 aromatic carbocycles. The van der Waals surface area contributed by atoms with Crippen molar-refractivity contribution in [1.82, 2.24) is 5.32 Å². The second kappa shape index (κ2) is 9.55. The average molecular weight is 325 g/mol. The van der Waals surface area contributed by atoms with Crippen molar-refractivity contribution in [3.63, 3.8) is 0 Å². The molecule has 0 saturated carbocycles. The SMILES string of the molecule is COc1cc(CNC(=O)CCCCC(=O)O)cc(OC)c1OC. The minimum absolute atomic E-state index is 0.0835. The molecule has 0 aliphatic carbocycles. The Morgan fingerprint density at radius 3 is 2.04 bits per heavy atom. The lowest BCUT2D eigenvalue weighted by atomic mass is 10.1. The fourth-order valence-electron chi connectivity index (χ4n) is 2.09. The van der Waals surface area contributed by atoms with E-state index in [9.17, 15) is 9.59 Å². The molecule has 0 spiro atoms. The van der Waals surface area contributed by atoms with Crippen molar-refractivity contribution in [2.45, 2.75) is 32.2 Å². The van der Waals surface area contributed by atoms with Crippen LogP contribution >= 0.6 is 0 Å². The summed E-state index contributed by atoms with van der Waals surface area (Å²) in [4.78, 5) is 22.1. The Kier molecular flexibility index (Phi) is 7.73. The highest BCUT2D eigenvalue weighted by molar-refractivity contribution is 5.76. The molecule has 0 atom stereocenters. The van der Waals surface area contributed by atoms with E-state index in [0.717, 1.165) is 5.56 Å². The number of aliphatic carboxylic acids is 1. The van der Waals surface area contributed by atoms with Gasteiger partial charge in [-0.05, 0) is 30.5 Å². The number of benzene rings is 1. The van der Waals surface area contributed by atoms with Crippen LogP contribution in [0.4, 0.5) is 0 Å². The minimum atomic E-state index is -0.845. The molecule has 0 bridgehead atoms. The van der Waals surface area contributed by atoms with Crippen LogP contribution < -0.4 is 19.5 Å². The van der Waals surface area contributed by atoms with Gasteiger partial charge < -0.3 is 24.6 Å². The van der Waals surface area contributed by atoms with Crippen molar-refractivity contribution in [3.05, 3.63) is 17.7 Å². The van der Waals surface area contributed by atoms with E-state index >= 15 is 0 Å². The molecule has 128 valence electrons. The van der Waals surface area contributed by atoms with Crippen molar-refractivity contribution in [2.75, 3.05) is 21.3 Å². The number of hydrogen-bond donors (Lipinski definition) is 2. The van der Waals surface area contributed by atoms with Crippen molar-refractivity contribution < 1.29 is 28.9 Å². The van der Waals surface area contributed by atoms with Gasteiger partial charge in [-0.3, -0.25) is 9.59 Å². The van der Waals surface area contributed by atoms with Gasteiger partial charge in [-0.1, -0.05) is 0 Å². The van der Waals surface area contributed by atoms with Gasteiger partial charge in [-0.2, -0.15) is 0 Å². The normalized spacial score (nSPS) is 10.0. The molecule has 23 heavy (non-hydrogen) atoms. The van der Waals surface area contributed by atoms with Crippen molar-refractivity contribution in [3.8, 4) is 17.2 Å². The van der Waals surface area contributed by atoms with Crippen LogP contribution in [0.1, 0.15) is 31.2 Å². The highest BCUT2D eigenvalue weighted by Gasteiger charge is 2.13. The van der Waals surface area contributed by atoms with E-state index < -0.39 is 5.97 Å². The standard InChI is InChI=1S/C16H23NO6/c1-21-12-8-11(9-13(22-2)16(12)23-3)10-17-14(18)6-4-5-7-15(19)20/h8-9H,4-7,10H2,1-3H3,(H,17,18)(H,19,20). The van der Waals surface area contributed by atoms with Crippen LogP contribution in [0.5, 0.6) is 17.2 Å². The number of methoxy groups -OCH3 is 3. The summed E-state index contributed by atoms with van der Waals surface area (Å²) >= 11 is 0. The van der Waals surface area contributed by atoms with Crippen molar-refractivity contribution in [2.24, 2.45) is 0 Å². The zero-order valence-electron chi connectivity index (χ0n) is 13.7. The van der Waals surface area contributed by atoms with E-state index in [0.29, 0.717) is 43.1 Å². The van der Waals surface area contributed by atoms with E-state index in [1.54, 1.807) is 12.1 Å². The topological polar surface area (TPSA) is 94.1 Å². The third kappa shape index (κ3) is 6.06. The number of carboxylic acids is 1. The molecule has 7 nitrogen and oxygen atoms in total. The summed E-state index contributed by atoms with van der Waals surface area (Å²) in [5.41, 5.74) is 0.818. The number of nitrogens with one attached hydrogen (secondary N) is 1. The number of hydrogen-bond acceptors (Lipinski definition) is 5. The Labute approximate surface area is 135 Å². The second-order valence-corrected chi connectivity index (χ2v) is 4.91. The fourth-order valence-corrected chi connectivity index (χ4v) is 2.09.